The summed E-state index contributed by atoms with van der Waals surface area (Å²) in [7, 11) is 0. The van der Waals surface area contributed by atoms with Gasteiger partial charge in [0.15, 0.2) is 5.75 Å². The van der Waals surface area contributed by atoms with E-state index in [0.29, 0.717) is 0 Å². The number of ether oxygens (including phenoxy) is 1. The number of alkyl halides is 3. The molecule has 9 heteroatoms. The standard InChI is InChI=1S/C12H10F3N3O2S/c13-12(14,15)20-10-2-1-7(3-9(10)16)11(19)18-5-8-4-17-6-21-8/h1-4,6H,5,16H2,(H,18,19). The van der Waals surface area contributed by atoms with Gasteiger partial charge in [-0.25, -0.2) is 0 Å². The van der Waals surface area contributed by atoms with Crippen molar-refractivity contribution in [2.24, 2.45) is 0 Å². The topological polar surface area (TPSA) is 77.2 Å². The van der Waals surface area contributed by atoms with Crippen LogP contribution in [-0.2, 0) is 6.54 Å². The SMILES string of the molecule is Nc1cc(C(=O)NCc2cncs2)ccc1OC(F)(F)F. The number of nitrogens with one attached hydrogen (secondary N) is 1. The number of nitrogen functional groups attached to an aromatic ring is 1. The molecule has 0 atom stereocenters. The second-order valence-corrected chi connectivity index (χ2v) is 4.92. The van der Waals surface area contributed by atoms with Crippen LogP contribution in [0.2, 0.25) is 0 Å². The molecule has 0 saturated heterocycles. The average molecular weight is 317 g/mol. The minimum Gasteiger partial charge on any atom is -0.404 e. The lowest BCUT2D eigenvalue weighted by molar-refractivity contribution is -0.274. The summed E-state index contributed by atoms with van der Waals surface area (Å²) in [6.07, 6.45) is -3.22. The quantitative estimate of drug-likeness (QED) is 0.850. The Kier molecular flexibility index (Phi) is 4.32. The summed E-state index contributed by atoms with van der Waals surface area (Å²) in [5.74, 6) is -0.991. The zero-order chi connectivity index (χ0) is 15.5. The molecule has 0 bridgehead atoms. The molecule has 112 valence electrons. The molecule has 21 heavy (non-hydrogen) atoms. The van der Waals surface area contributed by atoms with E-state index in [1.807, 2.05) is 0 Å². The van der Waals surface area contributed by atoms with E-state index in [-0.39, 0.29) is 17.8 Å². The van der Waals surface area contributed by atoms with Gasteiger partial charge in [-0.3, -0.25) is 9.78 Å². The van der Waals surface area contributed by atoms with E-state index in [1.54, 1.807) is 11.7 Å². The Morgan fingerprint density at radius 1 is 1.43 bits per heavy atom. The summed E-state index contributed by atoms with van der Waals surface area (Å²) in [6.45, 7) is 0.282. The van der Waals surface area contributed by atoms with Gasteiger partial charge in [0.25, 0.3) is 5.91 Å². The van der Waals surface area contributed by atoms with Crippen LogP contribution in [0.15, 0.2) is 29.9 Å². The van der Waals surface area contributed by atoms with Crippen LogP contribution in [0, 0.1) is 0 Å². The summed E-state index contributed by atoms with van der Waals surface area (Å²) >= 11 is 1.38. The van der Waals surface area contributed by atoms with Crippen molar-refractivity contribution < 1.29 is 22.7 Å². The van der Waals surface area contributed by atoms with Crippen molar-refractivity contribution in [3.8, 4) is 5.75 Å². The zero-order valence-corrected chi connectivity index (χ0v) is 11.3. The van der Waals surface area contributed by atoms with Gasteiger partial charge in [0.1, 0.15) is 0 Å². The molecule has 1 amide bonds. The molecule has 1 aromatic heterocycles. The van der Waals surface area contributed by atoms with Gasteiger partial charge in [-0.1, -0.05) is 0 Å². The van der Waals surface area contributed by atoms with Gasteiger partial charge in [-0.15, -0.1) is 24.5 Å². The summed E-state index contributed by atoms with van der Waals surface area (Å²) in [5.41, 5.74) is 6.95. The molecule has 5 nitrogen and oxygen atoms in total. The fourth-order valence-electron chi connectivity index (χ4n) is 1.51. The third-order valence-corrected chi connectivity index (χ3v) is 3.18. The van der Waals surface area contributed by atoms with Crippen LogP contribution >= 0.6 is 11.3 Å². The number of benzene rings is 1. The number of carbonyl (C=O) groups is 1. The highest BCUT2D eigenvalue weighted by molar-refractivity contribution is 7.09. The molecule has 0 aliphatic carbocycles. The normalized spacial score (nSPS) is 11.2. The van der Waals surface area contributed by atoms with Crippen LogP contribution in [0.25, 0.3) is 0 Å². The van der Waals surface area contributed by atoms with Gasteiger partial charge >= 0.3 is 6.36 Å². The van der Waals surface area contributed by atoms with Gasteiger partial charge in [0.2, 0.25) is 0 Å². The van der Waals surface area contributed by atoms with Crippen molar-refractivity contribution in [3.05, 3.63) is 40.3 Å². The van der Waals surface area contributed by atoms with Gasteiger partial charge in [0, 0.05) is 16.6 Å². The smallest absolute Gasteiger partial charge is 0.404 e. The predicted molar refractivity (Wildman–Crippen MR) is 70.8 cm³/mol. The molecule has 0 aliphatic rings. The lowest BCUT2D eigenvalue weighted by Gasteiger charge is -2.12. The van der Waals surface area contributed by atoms with Crippen LogP contribution in [0.1, 0.15) is 15.2 Å². The van der Waals surface area contributed by atoms with E-state index in [9.17, 15) is 18.0 Å². The minimum absolute atomic E-state index is 0.145. The average Bonchev–Trinajstić information content (AvgIpc) is 2.90. The van der Waals surface area contributed by atoms with Crippen molar-refractivity contribution in [2.75, 3.05) is 5.73 Å². The lowest BCUT2D eigenvalue weighted by Crippen LogP contribution is -2.23. The van der Waals surface area contributed by atoms with Crippen LogP contribution in [0.3, 0.4) is 0 Å². The first-order valence-electron chi connectivity index (χ1n) is 5.66. The summed E-state index contributed by atoms with van der Waals surface area (Å²) in [6, 6.07) is 3.34. The number of aromatic nitrogens is 1. The molecular weight excluding hydrogens is 307 g/mol. The van der Waals surface area contributed by atoms with Crippen LogP contribution in [0.4, 0.5) is 18.9 Å². The molecule has 0 radical (unpaired) electrons. The number of thiazole rings is 1. The Morgan fingerprint density at radius 3 is 2.76 bits per heavy atom. The Bertz CT molecular complexity index is 629. The summed E-state index contributed by atoms with van der Waals surface area (Å²) in [4.78, 5) is 16.6. The van der Waals surface area contributed by atoms with Crippen LogP contribution < -0.4 is 15.8 Å². The molecule has 0 spiro atoms. The molecule has 3 N–H and O–H groups in total. The van der Waals surface area contributed by atoms with Crippen LogP contribution in [-0.4, -0.2) is 17.3 Å². The summed E-state index contributed by atoms with van der Waals surface area (Å²) < 4.78 is 40.0. The number of carbonyl (C=O) groups excluding carboxylic acids is 1. The maximum absolute atomic E-state index is 12.1. The molecule has 0 aliphatic heterocycles. The number of halogens is 3. The minimum atomic E-state index is -4.83. The highest BCUT2D eigenvalue weighted by Crippen LogP contribution is 2.28. The number of hydrogen-bond acceptors (Lipinski definition) is 5. The van der Waals surface area contributed by atoms with Crippen LogP contribution in [0.5, 0.6) is 5.75 Å². The molecule has 2 aromatic rings. The molecule has 0 unspecified atom stereocenters. The number of amides is 1. The van der Waals surface area contributed by atoms with Crippen molar-refractivity contribution >= 4 is 22.9 Å². The highest BCUT2D eigenvalue weighted by atomic mass is 32.1. The fourth-order valence-corrected chi connectivity index (χ4v) is 2.04. The third kappa shape index (κ3) is 4.35. The Morgan fingerprint density at radius 2 is 2.19 bits per heavy atom. The number of nitrogens with zero attached hydrogens (tertiary/aromatic N) is 1. The van der Waals surface area contributed by atoms with E-state index in [2.05, 4.69) is 15.0 Å². The molecule has 1 aromatic carbocycles. The van der Waals surface area contributed by atoms with Crippen molar-refractivity contribution in [3.63, 3.8) is 0 Å². The predicted octanol–water partition coefficient (Wildman–Crippen LogP) is 2.55. The zero-order valence-electron chi connectivity index (χ0n) is 10.5. The molecule has 0 saturated carbocycles. The first-order chi connectivity index (χ1) is 9.85. The van der Waals surface area contributed by atoms with Gasteiger partial charge in [-0.05, 0) is 18.2 Å². The second-order valence-electron chi connectivity index (χ2n) is 3.95. The van der Waals surface area contributed by atoms with Gasteiger partial charge < -0.3 is 15.8 Å². The van der Waals surface area contributed by atoms with Gasteiger partial charge in [0.05, 0.1) is 17.7 Å². The maximum atomic E-state index is 12.1. The summed E-state index contributed by atoms with van der Waals surface area (Å²) in [5, 5.41) is 2.61. The van der Waals surface area contributed by atoms with Gasteiger partial charge in [-0.2, -0.15) is 0 Å². The second kappa shape index (κ2) is 6.00. The highest BCUT2D eigenvalue weighted by Gasteiger charge is 2.32. The first kappa shape index (κ1) is 15.1. The number of anilines is 1. The number of hydrogen-bond donors (Lipinski definition) is 2. The van der Waals surface area contributed by atoms with E-state index < -0.39 is 18.0 Å². The van der Waals surface area contributed by atoms with Crippen molar-refractivity contribution in [1.29, 1.82) is 0 Å². The molecule has 0 fully saturated rings. The van der Waals surface area contributed by atoms with E-state index in [1.165, 1.54) is 17.4 Å². The monoisotopic (exact) mass is 317 g/mol. The largest absolute Gasteiger partial charge is 0.573 e. The van der Waals surface area contributed by atoms with Crippen molar-refractivity contribution in [2.45, 2.75) is 12.9 Å². The first-order valence-corrected chi connectivity index (χ1v) is 6.54. The van der Waals surface area contributed by atoms with Crippen molar-refractivity contribution in [1.82, 2.24) is 10.3 Å². The fraction of sp³-hybridized carbons (Fsp3) is 0.167. The third-order valence-electron chi connectivity index (χ3n) is 2.40. The Hall–Kier alpha value is -2.29. The number of nitrogens with two attached hydrogens (primary N) is 1. The Labute approximate surface area is 121 Å². The molecule has 1 heterocycles. The van der Waals surface area contributed by atoms with E-state index >= 15 is 0 Å². The Balaban J connectivity index is 2.03. The molecular formula is C12H10F3N3O2S. The number of rotatable bonds is 4. The van der Waals surface area contributed by atoms with E-state index in [4.69, 9.17) is 5.73 Å². The maximum Gasteiger partial charge on any atom is 0.573 e. The van der Waals surface area contributed by atoms with E-state index in [0.717, 1.165) is 17.0 Å². The molecule has 2 rings (SSSR count). The lowest BCUT2D eigenvalue weighted by atomic mass is 10.1.